The molecule has 0 aliphatic carbocycles. The van der Waals surface area contributed by atoms with Crippen molar-refractivity contribution in [2.24, 2.45) is 0 Å². The third-order valence-electron chi connectivity index (χ3n) is 6.22. The minimum absolute atomic E-state index is 0.0139. The molecule has 2 N–H and O–H groups in total. The van der Waals surface area contributed by atoms with Crippen molar-refractivity contribution in [1.82, 2.24) is 5.32 Å². The van der Waals surface area contributed by atoms with E-state index in [2.05, 4.69) is 29.6 Å². The van der Waals surface area contributed by atoms with Crippen LogP contribution in [0, 0.1) is 0 Å². The van der Waals surface area contributed by atoms with E-state index in [1.165, 1.54) is 5.56 Å². The van der Waals surface area contributed by atoms with E-state index in [4.69, 9.17) is 9.84 Å². The summed E-state index contributed by atoms with van der Waals surface area (Å²) in [6.45, 7) is 0. The molecule has 5 nitrogen and oxygen atoms in total. The van der Waals surface area contributed by atoms with Gasteiger partial charge in [0.25, 0.3) is 0 Å². The van der Waals surface area contributed by atoms with Crippen LogP contribution in [0.3, 0.4) is 0 Å². The molecule has 36 heavy (non-hydrogen) atoms. The number of benzene rings is 3. The highest BCUT2D eigenvalue weighted by molar-refractivity contribution is 5.76. The van der Waals surface area contributed by atoms with Gasteiger partial charge in [-0.1, -0.05) is 73.5 Å². The first-order valence-electron chi connectivity index (χ1n) is 13.0. The number of ether oxygens (including phenoxy) is 1. The molecule has 0 aliphatic heterocycles. The van der Waals surface area contributed by atoms with Crippen molar-refractivity contribution in [2.45, 2.75) is 70.3 Å². The van der Waals surface area contributed by atoms with Gasteiger partial charge in [0.05, 0.1) is 0 Å². The van der Waals surface area contributed by atoms with Gasteiger partial charge < -0.3 is 15.2 Å². The SMILES string of the molecule is O=C(O)CC[C@@H](CCc1ccc(Oc2ccccc2)cc1)NC(=O)CCCCCCc1ccccc1. The van der Waals surface area contributed by atoms with Crippen LogP contribution < -0.4 is 10.1 Å². The van der Waals surface area contributed by atoms with Crippen LogP contribution in [0.5, 0.6) is 11.5 Å². The van der Waals surface area contributed by atoms with Crippen LogP contribution in [-0.2, 0) is 22.4 Å². The molecule has 0 radical (unpaired) electrons. The second-order valence-corrected chi connectivity index (χ2v) is 9.19. The molecule has 3 aromatic carbocycles. The molecule has 0 saturated carbocycles. The van der Waals surface area contributed by atoms with Gasteiger partial charge in [-0.3, -0.25) is 9.59 Å². The Morgan fingerprint density at radius 3 is 1.97 bits per heavy atom. The smallest absolute Gasteiger partial charge is 0.303 e. The number of aliphatic carboxylic acids is 1. The summed E-state index contributed by atoms with van der Waals surface area (Å²) in [5.41, 5.74) is 2.48. The van der Waals surface area contributed by atoms with Gasteiger partial charge in [-0.05, 0) is 73.9 Å². The van der Waals surface area contributed by atoms with Crippen LogP contribution in [0.15, 0.2) is 84.9 Å². The molecule has 0 spiro atoms. The average Bonchev–Trinajstić information content (AvgIpc) is 2.89. The van der Waals surface area contributed by atoms with Crippen molar-refractivity contribution in [3.05, 3.63) is 96.1 Å². The Bertz CT molecular complexity index is 1040. The number of carboxylic acids is 1. The number of amides is 1. The summed E-state index contributed by atoms with van der Waals surface area (Å²) in [5.74, 6) is 0.734. The predicted molar refractivity (Wildman–Crippen MR) is 143 cm³/mol. The zero-order chi connectivity index (χ0) is 25.4. The zero-order valence-corrected chi connectivity index (χ0v) is 20.9. The van der Waals surface area contributed by atoms with E-state index in [1.54, 1.807) is 0 Å². The van der Waals surface area contributed by atoms with E-state index < -0.39 is 5.97 Å². The topological polar surface area (TPSA) is 75.6 Å². The number of aryl methyl sites for hydroxylation is 2. The van der Waals surface area contributed by atoms with Crippen LogP contribution in [0.4, 0.5) is 0 Å². The lowest BCUT2D eigenvalue weighted by atomic mass is 10.0. The van der Waals surface area contributed by atoms with E-state index in [0.29, 0.717) is 19.3 Å². The van der Waals surface area contributed by atoms with Gasteiger partial charge >= 0.3 is 5.97 Å². The molecule has 1 atom stereocenters. The van der Waals surface area contributed by atoms with Crippen LogP contribution in [-0.4, -0.2) is 23.0 Å². The lowest BCUT2D eigenvalue weighted by Gasteiger charge is -2.18. The van der Waals surface area contributed by atoms with Crippen molar-refractivity contribution >= 4 is 11.9 Å². The van der Waals surface area contributed by atoms with Crippen molar-refractivity contribution in [2.75, 3.05) is 0 Å². The number of carboxylic acid groups (broad SMARTS) is 1. The second kappa shape index (κ2) is 15.4. The summed E-state index contributed by atoms with van der Waals surface area (Å²) in [4.78, 5) is 23.6. The van der Waals surface area contributed by atoms with Crippen molar-refractivity contribution < 1.29 is 19.4 Å². The van der Waals surface area contributed by atoms with Crippen LogP contribution >= 0.6 is 0 Å². The Labute approximate surface area is 214 Å². The van der Waals surface area contributed by atoms with Crippen LogP contribution in [0.1, 0.15) is 62.5 Å². The predicted octanol–water partition coefficient (Wildman–Crippen LogP) is 6.95. The van der Waals surface area contributed by atoms with E-state index in [-0.39, 0.29) is 18.4 Å². The normalized spacial score (nSPS) is 11.6. The first-order chi connectivity index (χ1) is 17.6. The maximum absolute atomic E-state index is 12.5. The molecule has 1 amide bonds. The summed E-state index contributed by atoms with van der Waals surface area (Å²) in [6.07, 6.45) is 7.62. The Hall–Kier alpha value is -3.60. The standard InChI is InChI=1S/C31H37NO4/c33-30(16-10-2-1-5-11-25-12-6-3-7-13-25)32-27(21-24-31(34)35)20-17-26-18-22-29(23-19-26)36-28-14-8-4-9-15-28/h3-4,6-9,12-15,18-19,22-23,27H,1-2,5,10-11,16-17,20-21,24H2,(H,32,33)(H,34,35)/t27-/m1/s1. The Morgan fingerprint density at radius 1 is 0.667 bits per heavy atom. The molecule has 3 aromatic rings. The van der Waals surface area contributed by atoms with Gasteiger partial charge in [-0.15, -0.1) is 0 Å². The maximum Gasteiger partial charge on any atom is 0.303 e. The Morgan fingerprint density at radius 2 is 1.28 bits per heavy atom. The minimum Gasteiger partial charge on any atom is -0.481 e. The van der Waals surface area contributed by atoms with Gasteiger partial charge in [0.15, 0.2) is 0 Å². The monoisotopic (exact) mass is 487 g/mol. The number of carbonyl (C=O) groups is 2. The van der Waals surface area contributed by atoms with Gasteiger partial charge in [-0.2, -0.15) is 0 Å². The lowest BCUT2D eigenvalue weighted by Crippen LogP contribution is -2.35. The van der Waals surface area contributed by atoms with Crippen LogP contribution in [0.25, 0.3) is 0 Å². The number of para-hydroxylation sites is 1. The highest BCUT2D eigenvalue weighted by Gasteiger charge is 2.14. The van der Waals surface area contributed by atoms with Crippen molar-refractivity contribution in [1.29, 1.82) is 0 Å². The third kappa shape index (κ3) is 10.8. The highest BCUT2D eigenvalue weighted by atomic mass is 16.5. The van der Waals surface area contributed by atoms with Crippen LogP contribution in [0.2, 0.25) is 0 Å². The Kier molecular flexibility index (Phi) is 11.6. The molecular formula is C31H37NO4. The molecule has 0 heterocycles. The summed E-state index contributed by atoms with van der Waals surface area (Å²) in [7, 11) is 0. The molecule has 0 bridgehead atoms. The molecule has 5 heteroatoms. The zero-order valence-electron chi connectivity index (χ0n) is 20.9. The van der Waals surface area contributed by atoms with E-state index in [0.717, 1.165) is 55.6 Å². The maximum atomic E-state index is 12.5. The quantitative estimate of drug-likeness (QED) is 0.214. The van der Waals surface area contributed by atoms with Gasteiger partial charge in [-0.25, -0.2) is 0 Å². The molecule has 0 aliphatic rings. The van der Waals surface area contributed by atoms with E-state index in [1.807, 2.05) is 60.7 Å². The molecule has 0 saturated heterocycles. The summed E-state index contributed by atoms with van der Waals surface area (Å²) in [5, 5.41) is 12.2. The summed E-state index contributed by atoms with van der Waals surface area (Å²) >= 11 is 0. The number of rotatable bonds is 16. The molecule has 3 rings (SSSR count). The number of unbranched alkanes of at least 4 members (excludes halogenated alkanes) is 3. The van der Waals surface area contributed by atoms with Gasteiger partial charge in [0.2, 0.25) is 5.91 Å². The van der Waals surface area contributed by atoms with Gasteiger partial charge in [0, 0.05) is 18.9 Å². The van der Waals surface area contributed by atoms with Gasteiger partial charge in [0.1, 0.15) is 11.5 Å². The second-order valence-electron chi connectivity index (χ2n) is 9.19. The molecule has 0 fully saturated rings. The Balaban J connectivity index is 1.38. The van der Waals surface area contributed by atoms with Crippen molar-refractivity contribution in [3.8, 4) is 11.5 Å². The average molecular weight is 488 g/mol. The summed E-state index contributed by atoms with van der Waals surface area (Å²) < 4.78 is 5.84. The first kappa shape index (κ1) is 27.0. The number of hydrogen-bond donors (Lipinski definition) is 2. The third-order valence-corrected chi connectivity index (χ3v) is 6.22. The largest absolute Gasteiger partial charge is 0.481 e. The minimum atomic E-state index is -0.838. The molecule has 0 unspecified atom stereocenters. The molecule has 0 aromatic heterocycles. The first-order valence-corrected chi connectivity index (χ1v) is 13.0. The number of nitrogens with one attached hydrogen (secondary N) is 1. The van der Waals surface area contributed by atoms with E-state index in [9.17, 15) is 9.59 Å². The summed E-state index contributed by atoms with van der Waals surface area (Å²) in [6, 6.07) is 27.9. The van der Waals surface area contributed by atoms with E-state index >= 15 is 0 Å². The number of carbonyl (C=O) groups excluding carboxylic acids is 1. The van der Waals surface area contributed by atoms with Crippen molar-refractivity contribution in [3.63, 3.8) is 0 Å². The molecule has 190 valence electrons. The lowest BCUT2D eigenvalue weighted by molar-refractivity contribution is -0.137. The number of hydrogen-bond acceptors (Lipinski definition) is 3. The molecular weight excluding hydrogens is 450 g/mol. The fraction of sp³-hybridized carbons (Fsp3) is 0.355. The highest BCUT2D eigenvalue weighted by Crippen LogP contribution is 2.22. The fourth-order valence-electron chi connectivity index (χ4n) is 4.19. The fourth-order valence-corrected chi connectivity index (χ4v) is 4.19.